The molecular weight excluding hydrogens is 339 g/mol. The summed E-state index contributed by atoms with van der Waals surface area (Å²) in [7, 11) is 0. The van der Waals surface area contributed by atoms with Crippen LogP contribution in [0.5, 0.6) is 0 Å². The van der Waals surface area contributed by atoms with E-state index in [1.54, 1.807) is 19.1 Å². The molecule has 2 aromatic rings. The molecule has 128 valence electrons. The Hall–Kier alpha value is -2.60. The summed E-state index contributed by atoms with van der Waals surface area (Å²) in [5.74, 6) is -1.53. The first-order valence-electron chi connectivity index (χ1n) is 7.96. The standard InChI is InChI=1S/C19H17FN2O2S/c1-2-24-18(23)15-16(12-7-4-3-5-8-12)21-19(25)22-17(15)13-9-6-10-14(20)11-13/h3-11,15,17H,2H2,1H3,(H,22,25). The van der Waals surface area contributed by atoms with Crippen molar-refractivity contribution in [3.8, 4) is 0 Å². The van der Waals surface area contributed by atoms with E-state index < -0.39 is 17.9 Å². The van der Waals surface area contributed by atoms with Crippen LogP contribution in [0, 0.1) is 11.7 Å². The lowest BCUT2D eigenvalue weighted by Gasteiger charge is -2.32. The molecule has 0 saturated carbocycles. The zero-order valence-corrected chi connectivity index (χ0v) is 14.4. The maximum absolute atomic E-state index is 13.7. The molecule has 1 N–H and O–H groups in total. The molecule has 1 aliphatic rings. The summed E-state index contributed by atoms with van der Waals surface area (Å²) >= 11 is 5.25. The molecule has 3 rings (SSSR count). The van der Waals surface area contributed by atoms with E-state index in [0.717, 1.165) is 5.56 Å². The number of nitrogens with one attached hydrogen (secondary N) is 1. The van der Waals surface area contributed by atoms with Gasteiger partial charge < -0.3 is 10.1 Å². The second-order valence-corrected chi connectivity index (χ2v) is 5.96. The number of esters is 1. The van der Waals surface area contributed by atoms with Gasteiger partial charge in [-0.05, 0) is 42.4 Å². The quantitative estimate of drug-likeness (QED) is 0.674. The average molecular weight is 356 g/mol. The minimum absolute atomic E-state index is 0.248. The Kier molecular flexibility index (Phi) is 5.19. The summed E-state index contributed by atoms with van der Waals surface area (Å²) in [6, 6.07) is 14.9. The van der Waals surface area contributed by atoms with Crippen LogP contribution in [0.2, 0.25) is 0 Å². The molecule has 2 aromatic carbocycles. The lowest BCUT2D eigenvalue weighted by Crippen LogP contribution is -2.45. The van der Waals surface area contributed by atoms with E-state index in [-0.39, 0.29) is 17.5 Å². The summed E-state index contributed by atoms with van der Waals surface area (Å²) in [5.41, 5.74) is 1.92. The molecule has 2 unspecified atom stereocenters. The minimum Gasteiger partial charge on any atom is -0.465 e. The summed E-state index contributed by atoms with van der Waals surface area (Å²) in [4.78, 5) is 17.1. The molecule has 0 radical (unpaired) electrons. The smallest absolute Gasteiger partial charge is 0.317 e. The number of nitrogens with zero attached hydrogens (tertiary/aromatic N) is 1. The molecule has 0 saturated heterocycles. The summed E-state index contributed by atoms with van der Waals surface area (Å²) in [6.45, 7) is 1.99. The Morgan fingerprint density at radius 2 is 2.00 bits per heavy atom. The van der Waals surface area contributed by atoms with E-state index in [1.165, 1.54) is 12.1 Å². The maximum atomic E-state index is 13.7. The van der Waals surface area contributed by atoms with Crippen molar-refractivity contribution in [2.75, 3.05) is 6.61 Å². The Bertz CT molecular complexity index is 823. The van der Waals surface area contributed by atoms with Gasteiger partial charge in [-0.3, -0.25) is 4.79 Å². The van der Waals surface area contributed by atoms with E-state index in [4.69, 9.17) is 17.0 Å². The molecule has 1 aliphatic heterocycles. The Labute approximate surface area is 150 Å². The number of hydrogen-bond acceptors (Lipinski definition) is 3. The third kappa shape index (κ3) is 3.74. The van der Waals surface area contributed by atoms with E-state index in [1.807, 2.05) is 30.3 Å². The predicted molar refractivity (Wildman–Crippen MR) is 98.0 cm³/mol. The summed E-state index contributed by atoms with van der Waals surface area (Å²) in [6.07, 6.45) is 0. The highest BCUT2D eigenvalue weighted by molar-refractivity contribution is 7.80. The molecule has 6 heteroatoms. The van der Waals surface area contributed by atoms with Crippen molar-refractivity contribution in [2.24, 2.45) is 10.9 Å². The highest BCUT2D eigenvalue weighted by atomic mass is 32.1. The van der Waals surface area contributed by atoms with Crippen LogP contribution in [0.4, 0.5) is 4.39 Å². The lowest BCUT2D eigenvalue weighted by molar-refractivity contribution is -0.146. The van der Waals surface area contributed by atoms with Crippen molar-refractivity contribution >= 4 is 29.0 Å². The van der Waals surface area contributed by atoms with Gasteiger partial charge in [0, 0.05) is 0 Å². The Morgan fingerprint density at radius 3 is 2.68 bits per heavy atom. The summed E-state index contributed by atoms with van der Waals surface area (Å²) in [5, 5.41) is 3.28. The van der Waals surface area contributed by atoms with Crippen molar-refractivity contribution in [1.82, 2.24) is 5.32 Å². The molecule has 0 bridgehead atoms. The van der Waals surface area contributed by atoms with Gasteiger partial charge in [-0.25, -0.2) is 9.38 Å². The first kappa shape index (κ1) is 17.2. The van der Waals surface area contributed by atoms with E-state index in [9.17, 15) is 9.18 Å². The van der Waals surface area contributed by atoms with Crippen molar-refractivity contribution < 1.29 is 13.9 Å². The lowest BCUT2D eigenvalue weighted by atomic mass is 9.84. The molecule has 0 aliphatic carbocycles. The number of aliphatic imine (C=N–C) groups is 1. The van der Waals surface area contributed by atoms with Gasteiger partial charge in [0.15, 0.2) is 5.11 Å². The second kappa shape index (κ2) is 7.53. The first-order chi connectivity index (χ1) is 12.1. The fourth-order valence-electron chi connectivity index (χ4n) is 2.89. The molecule has 0 aromatic heterocycles. The van der Waals surface area contributed by atoms with Crippen LogP contribution in [0.1, 0.15) is 24.1 Å². The number of halogens is 1. The van der Waals surface area contributed by atoms with E-state index in [0.29, 0.717) is 11.3 Å². The van der Waals surface area contributed by atoms with Gasteiger partial charge in [0.2, 0.25) is 0 Å². The molecular formula is C19H17FN2O2S. The fourth-order valence-corrected chi connectivity index (χ4v) is 3.12. The van der Waals surface area contributed by atoms with Crippen LogP contribution in [-0.2, 0) is 9.53 Å². The average Bonchev–Trinajstić information content (AvgIpc) is 2.62. The third-order valence-corrected chi connectivity index (χ3v) is 4.16. The van der Waals surface area contributed by atoms with Crippen LogP contribution < -0.4 is 5.32 Å². The van der Waals surface area contributed by atoms with Crippen LogP contribution >= 0.6 is 12.2 Å². The second-order valence-electron chi connectivity index (χ2n) is 5.57. The molecule has 0 spiro atoms. The van der Waals surface area contributed by atoms with Gasteiger partial charge in [0.05, 0.1) is 18.4 Å². The van der Waals surface area contributed by atoms with Crippen molar-refractivity contribution in [3.63, 3.8) is 0 Å². The number of hydrogen-bond donors (Lipinski definition) is 1. The number of benzene rings is 2. The van der Waals surface area contributed by atoms with Crippen LogP contribution in [0.15, 0.2) is 59.6 Å². The topological polar surface area (TPSA) is 50.7 Å². The maximum Gasteiger partial charge on any atom is 0.317 e. The van der Waals surface area contributed by atoms with Crippen molar-refractivity contribution in [1.29, 1.82) is 0 Å². The van der Waals surface area contributed by atoms with Gasteiger partial charge in [-0.1, -0.05) is 42.5 Å². The van der Waals surface area contributed by atoms with Gasteiger partial charge in [-0.2, -0.15) is 0 Å². The van der Waals surface area contributed by atoms with Gasteiger partial charge in [0.1, 0.15) is 11.7 Å². The summed E-state index contributed by atoms with van der Waals surface area (Å²) < 4.78 is 19.0. The molecule has 0 fully saturated rings. The normalized spacial score (nSPS) is 19.8. The number of rotatable bonds is 4. The predicted octanol–water partition coefficient (Wildman–Crippen LogP) is 3.42. The van der Waals surface area contributed by atoms with E-state index >= 15 is 0 Å². The van der Waals surface area contributed by atoms with Crippen molar-refractivity contribution in [2.45, 2.75) is 13.0 Å². The molecule has 2 atom stereocenters. The van der Waals surface area contributed by atoms with Gasteiger partial charge >= 0.3 is 5.97 Å². The van der Waals surface area contributed by atoms with Crippen molar-refractivity contribution in [3.05, 3.63) is 71.5 Å². The van der Waals surface area contributed by atoms with E-state index in [2.05, 4.69) is 10.3 Å². The van der Waals surface area contributed by atoms with Crippen LogP contribution in [-0.4, -0.2) is 23.4 Å². The Morgan fingerprint density at radius 1 is 1.24 bits per heavy atom. The van der Waals surface area contributed by atoms with Gasteiger partial charge in [-0.15, -0.1) is 0 Å². The molecule has 25 heavy (non-hydrogen) atoms. The molecule has 1 heterocycles. The number of ether oxygens (including phenoxy) is 1. The highest BCUT2D eigenvalue weighted by Crippen LogP contribution is 2.31. The highest BCUT2D eigenvalue weighted by Gasteiger charge is 2.39. The largest absolute Gasteiger partial charge is 0.465 e. The number of carbonyl (C=O) groups is 1. The monoisotopic (exact) mass is 356 g/mol. The third-order valence-electron chi connectivity index (χ3n) is 3.95. The SMILES string of the molecule is CCOC(=O)C1C(c2ccccc2)=NC(=S)NC1c1cccc(F)c1. The van der Waals surface area contributed by atoms with Gasteiger partial charge in [0.25, 0.3) is 0 Å². The Balaban J connectivity index is 2.10. The molecule has 4 nitrogen and oxygen atoms in total. The number of carbonyl (C=O) groups excluding carboxylic acids is 1. The molecule has 0 amide bonds. The van der Waals surface area contributed by atoms with Crippen LogP contribution in [0.3, 0.4) is 0 Å². The van der Waals surface area contributed by atoms with Crippen LogP contribution in [0.25, 0.3) is 0 Å². The zero-order valence-electron chi connectivity index (χ0n) is 13.6. The first-order valence-corrected chi connectivity index (χ1v) is 8.37. The zero-order chi connectivity index (χ0) is 17.8. The number of thiocarbonyl (C=S) groups is 1. The fraction of sp³-hybridized carbons (Fsp3) is 0.211. The minimum atomic E-state index is -0.726.